The molecule has 0 aliphatic carbocycles. The van der Waals surface area contributed by atoms with Gasteiger partial charge in [-0.1, -0.05) is 16.8 Å². The van der Waals surface area contributed by atoms with Gasteiger partial charge in [0.1, 0.15) is 10.7 Å². The summed E-state index contributed by atoms with van der Waals surface area (Å²) >= 11 is 5.80. The number of nitrogens with zero attached hydrogens (tertiary/aromatic N) is 4. The van der Waals surface area contributed by atoms with E-state index in [1.165, 1.54) is 12.3 Å². The molecule has 0 radical (unpaired) electrons. The molecule has 1 aliphatic rings. The van der Waals surface area contributed by atoms with Gasteiger partial charge in [0.05, 0.1) is 11.6 Å². The number of aryl methyl sites for hydroxylation is 1. The van der Waals surface area contributed by atoms with Crippen molar-refractivity contribution in [2.24, 2.45) is 0 Å². The summed E-state index contributed by atoms with van der Waals surface area (Å²) in [5, 5.41) is 14.4. The highest BCUT2D eigenvalue weighted by molar-refractivity contribution is 7.89. The number of hydrogen-bond acceptors (Lipinski definition) is 8. The molecule has 0 amide bonds. The van der Waals surface area contributed by atoms with E-state index < -0.39 is 15.6 Å². The average Bonchev–Trinajstić information content (AvgIpc) is 3.09. The van der Waals surface area contributed by atoms with Crippen molar-refractivity contribution in [1.82, 2.24) is 19.4 Å². The van der Waals surface area contributed by atoms with Crippen molar-refractivity contribution in [3.8, 4) is 0 Å². The van der Waals surface area contributed by atoms with E-state index in [1.807, 2.05) is 0 Å². The Kier molecular flexibility index (Phi) is 3.79. The van der Waals surface area contributed by atoms with Crippen molar-refractivity contribution in [2.75, 3.05) is 18.8 Å². The third-order valence-corrected chi connectivity index (χ3v) is 5.69. The number of halogens is 1. The van der Waals surface area contributed by atoms with Crippen LogP contribution < -0.4 is 5.73 Å². The zero-order valence-corrected chi connectivity index (χ0v) is 13.7. The molecule has 2 aromatic rings. The number of sulfonamides is 1. The largest absolute Gasteiger partial charge is 0.383 e. The molecule has 1 saturated heterocycles. The van der Waals surface area contributed by atoms with E-state index in [0.717, 1.165) is 4.31 Å². The summed E-state index contributed by atoms with van der Waals surface area (Å²) < 4.78 is 31.5. The molecule has 23 heavy (non-hydrogen) atoms. The first kappa shape index (κ1) is 16.1. The summed E-state index contributed by atoms with van der Waals surface area (Å²) in [6, 6.07) is 1.23. The first-order chi connectivity index (χ1) is 10.7. The van der Waals surface area contributed by atoms with Crippen molar-refractivity contribution in [1.29, 1.82) is 0 Å². The van der Waals surface area contributed by atoms with Gasteiger partial charge in [0.15, 0.2) is 11.4 Å². The molecule has 1 fully saturated rings. The Bertz CT molecular complexity index is 855. The lowest BCUT2D eigenvalue weighted by Gasteiger charge is -2.20. The van der Waals surface area contributed by atoms with Crippen molar-refractivity contribution >= 4 is 27.4 Å². The summed E-state index contributed by atoms with van der Waals surface area (Å²) in [5.41, 5.74) is 4.11. The molecule has 1 unspecified atom stereocenters. The number of aliphatic hydroxyl groups is 1. The van der Waals surface area contributed by atoms with Crippen LogP contribution in [0.3, 0.4) is 0 Å². The Labute approximate surface area is 137 Å². The van der Waals surface area contributed by atoms with E-state index in [2.05, 4.69) is 15.1 Å². The summed E-state index contributed by atoms with van der Waals surface area (Å²) in [6.45, 7) is 1.47. The third-order valence-electron chi connectivity index (χ3n) is 3.60. The number of nitrogen functional groups attached to an aromatic ring is 1. The van der Waals surface area contributed by atoms with Gasteiger partial charge in [0.25, 0.3) is 5.89 Å². The quantitative estimate of drug-likeness (QED) is 0.798. The van der Waals surface area contributed by atoms with Crippen molar-refractivity contribution < 1.29 is 18.0 Å². The fourth-order valence-corrected chi connectivity index (χ4v) is 4.21. The Morgan fingerprint density at radius 1 is 1.52 bits per heavy atom. The van der Waals surface area contributed by atoms with Crippen LogP contribution in [-0.4, -0.2) is 46.0 Å². The summed E-state index contributed by atoms with van der Waals surface area (Å²) in [5.74, 6) is 0.196. The van der Waals surface area contributed by atoms with Gasteiger partial charge in [0, 0.05) is 19.2 Å². The molecule has 3 N–H and O–H groups in total. The number of anilines is 1. The molecule has 1 atom stereocenters. The highest BCUT2D eigenvalue weighted by Crippen LogP contribution is 2.35. The van der Waals surface area contributed by atoms with Gasteiger partial charge in [-0.25, -0.2) is 13.4 Å². The molecular weight excluding hydrogens is 346 g/mol. The van der Waals surface area contributed by atoms with Crippen LogP contribution in [0.15, 0.2) is 21.7 Å². The number of nitrogens with two attached hydrogens (primary N) is 1. The minimum absolute atomic E-state index is 0.00936. The fraction of sp³-hybridized carbons (Fsp3) is 0.417. The fourth-order valence-electron chi connectivity index (χ4n) is 2.40. The molecule has 0 saturated carbocycles. The predicted octanol–water partition coefficient (Wildman–Crippen LogP) is 0.291. The van der Waals surface area contributed by atoms with Gasteiger partial charge in [-0.3, -0.25) is 0 Å². The van der Waals surface area contributed by atoms with Gasteiger partial charge < -0.3 is 15.4 Å². The maximum Gasteiger partial charge on any atom is 0.260 e. The van der Waals surface area contributed by atoms with Crippen LogP contribution in [-0.2, 0) is 15.6 Å². The van der Waals surface area contributed by atoms with E-state index in [1.54, 1.807) is 6.92 Å². The third kappa shape index (κ3) is 2.78. The lowest BCUT2D eigenvalue weighted by molar-refractivity contribution is 0.0194. The van der Waals surface area contributed by atoms with Crippen LogP contribution in [0.1, 0.15) is 18.1 Å². The van der Waals surface area contributed by atoms with Crippen LogP contribution in [0.4, 0.5) is 5.82 Å². The molecule has 0 bridgehead atoms. The summed E-state index contributed by atoms with van der Waals surface area (Å²) in [6.07, 6.45) is 1.39. The number of rotatable bonds is 3. The summed E-state index contributed by atoms with van der Waals surface area (Å²) in [4.78, 5) is 7.53. The minimum Gasteiger partial charge on any atom is -0.383 e. The van der Waals surface area contributed by atoms with Crippen molar-refractivity contribution in [3.63, 3.8) is 0 Å². The zero-order chi connectivity index (χ0) is 16.8. The number of β-amino-alcohol motifs (C(OH)–C–C–N with tert-alkyl or cyclic N) is 1. The topological polar surface area (TPSA) is 135 Å². The number of pyridine rings is 1. The normalized spacial score (nSPS) is 22.6. The number of hydrogen-bond donors (Lipinski definition) is 2. The van der Waals surface area contributed by atoms with Crippen molar-refractivity contribution in [2.45, 2.75) is 23.8 Å². The first-order valence-electron chi connectivity index (χ1n) is 6.67. The van der Waals surface area contributed by atoms with Gasteiger partial charge in [-0.05, 0) is 13.0 Å². The highest BCUT2D eigenvalue weighted by atomic mass is 35.5. The van der Waals surface area contributed by atoms with E-state index in [-0.39, 0.29) is 41.1 Å². The molecular formula is C12H14ClN5O4S. The second kappa shape index (κ2) is 5.41. The van der Waals surface area contributed by atoms with Crippen LogP contribution in [0.5, 0.6) is 0 Å². The second-order valence-electron chi connectivity index (χ2n) is 5.30. The molecule has 11 heteroatoms. The molecule has 124 valence electrons. The standard InChI is InChI=1S/C12H14ClN5O4S/c1-7-16-11(22-17-7)12(19)2-3-18(6-12)23(20,21)9-4-8(13)5-15-10(9)14/h4-5,19H,2-3,6H2,1H3,(H2,14,15). The smallest absolute Gasteiger partial charge is 0.260 e. The molecule has 0 aromatic carbocycles. The SMILES string of the molecule is Cc1noc(C2(O)CCN(S(=O)(=O)c3cc(Cl)cnc3N)C2)n1. The molecule has 2 aromatic heterocycles. The molecule has 9 nitrogen and oxygen atoms in total. The van der Waals surface area contributed by atoms with Crippen LogP contribution in [0.25, 0.3) is 0 Å². The van der Waals surface area contributed by atoms with E-state index >= 15 is 0 Å². The van der Waals surface area contributed by atoms with Crippen LogP contribution in [0.2, 0.25) is 5.02 Å². The molecule has 3 heterocycles. The number of aromatic nitrogens is 3. The second-order valence-corrected chi connectivity index (χ2v) is 7.65. The maximum absolute atomic E-state index is 12.7. The van der Waals surface area contributed by atoms with E-state index in [0.29, 0.717) is 5.82 Å². The van der Waals surface area contributed by atoms with Gasteiger partial charge in [-0.2, -0.15) is 9.29 Å². The van der Waals surface area contributed by atoms with Gasteiger partial charge in [0.2, 0.25) is 10.0 Å². The lowest BCUT2D eigenvalue weighted by atomic mass is 10.0. The Balaban J connectivity index is 1.93. The average molecular weight is 360 g/mol. The molecule has 1 aliphatic heterocycles. The van der Waals surface area contributed by atoms with Gasteiger partial charge in [-0.15, -0.1) is 0 Å². The maximum atomic E-state index is 12.7. The minimum atomic E-state index is -3.95. The zero-order valence-electron chi connectivity index (χ0n) is 12.1. The Morgan fingerprint density at radius 3 is 2.91 bits per heavy atom. The lowest BCUT2D eigenvalue weighted by Crippen LogP contribution is -2.35. The van der Waals surface area contributed by atoms with Gasteiger partial charge >= 0.3 is 0 Å². The first-order valence-corrected chi connectivity index (χ1v) is 8.48. The monoisotopic (exact) mass is 359 g/mol. The molecule has 3 rings (SSSR count). The van der Waals surface area contributed by atoms with Crippen molar-refractivity contribution in [3.05, 3.63) is 29.0 Å². The van der Waals surface area contributed by atoms with E-state index in [9.17, 15) is 13.5 Å². The molecule has 0 spiro atoms. The van der Waals surface area contributed by atoms with E-state index in [4.69, 9.17) is 21.9 Å². The highest BCUT2D eigenvalue weighted by Gasteiger charge is 2.47. The van der Waals surface area contributed by atoms with Crippen LogP contribution in [0, 0.1) is 6.92 Å². The Morgan fingerprint density at radius 2 is 2.26 bits per heavy atom. The Hall–Kier alpha value is -1.75. The van der Waals surface area contributed by atoms with Crippen LogP contribution >= 0.6 is 11.6 Å². The predicted molar refractivity (Wildman–Crippen MR) is 80.0 cm³/mol. The summed E-state index contributed by atoms with van der Waals surface area (Å²) in [7, 11) is -3.95.